The summed E-state index contributed by atoms with van der Waals surface area (Å²) in [6.07, 6.45) is 4.22. The van der Waals surface area contributed by atoms with Crippen LogP contribution in [0.15, 0.2) is 23.3 Å². The van der Waals surface area contributed by atoms with Crippen LogP contribution in [0.25, 0.3) is 0 Å². The molecular weight excluding hydrogens is 465 g/mol. The molecule has 2 N–H and O–H groups in total. The maximum absolute atomic E-state index is 5.55. The van der Waals surface area contributed by atoms with Crippen molar-refractivity contribution < 1.29 is 4.74 Å². The van der Waals surface area contributed by atoms with Crippen LogP contribution in [0, 0.1) is 12.8 Å². The van der Waals surface area contributed by atoms with Crippen LogP contribution >= 0.6 is 24.0 Å². The Kier molecular flexibility index (Phi) is 12.7. The molecule has 1 aliphatic heterocycles. The lowest BCUT2D eigenvalue weighted by Gasteiger charge is -2.39. The summed E-state index contributed by atoms with van der Waals surface area (Å²) in [4.78, 5) is 11.8. The summed E-state index contributed by atoms with van der Waals surface area (Å²) >= 11 is 0. The van der Waals surface area contributed by atoms with Crippen LogP contribution in [0.1, 0.15) is 44.9 Å². The van der Waals surface area contributed by atoms with Gasteiger partial charge in [0.2, 0.25) is 0 Å². The topological polar surface area (TPSA) is 61.8 Å². The Balaban J connectivity index is 0.00000392. The van der Waals surface area contributed by atoms with E-state index in [1.54, 1.807) is 0 Å². The van der Waals surface area contributed by atoms with Crippen LogP contribution in [0.5, 0.6) is 0 Å². The molecule has 160 valence electrons. The molecule has 0 amide bonds. The highest BCUT2D eigenvalue weighted by Gasteiger charge is 2.27. The van der Waals surface area contributed by atoms with Crippen LogP contribution in [0.3, 0.4) is 0 Å². The van der Waals surface area contributed by atoms with Crippen LogP contribution in [-0.2, 0) is 11.3 Å². The van der Waals surface area contributed by atoms with E-state index in [1.165, 1.54) is 18.4 Å². The molecular formula is C21H38IN5O. The Morgan fingerprint density at radius 2 is 1.93 bits per heavy atom. The molecule has 2 heterocycles. The largest absolute Gasteiger partial charge is 0.379 e. The fourth-order valence-electron chi connectivity index (χ4n) is 3.72. The molecule has 7 heteroatoms. The van der Waals surface area contributed by atoms with Crippen LogP contribution in [0.2, 0.25) is 0 Å². The van der Waals surface area contributed by atoms with Crippen molar-refractivity contribution in [1.29, 1.82) is 0 Å². The van der Waals surface area contributed by atoms with Crippen molar-refractivity contribution in [2.24, 2.45) is 10.9 Å². The monoisotopic (exact) mass is 503 g/mol. The van der Waals surface area contributed by atoms with Gasteiger partial charge in [0.05, 0.1) is 25.5 Å². The second-order valence-electron chi connectivity index (χ2n) is 7.14. The van der Waals surface area contributed by atoms with Gasteiger partial charge in [0.1, 0.15) is 0 Å². The van der Waals surface area contributed by atoms with Gasteiger partial charge in [0, 0.05) is 38.4 Å². The first kappa shape index (κ1) is 25.1. The third kappa shape index (κ3) is 7.83. The smallest absolute Gasteiger partial charge is 0.191 e. The van der Waals surface area contributed by atoms with Gasteiger partial charge in [-0.15, -0.1) is 24.0 Å². The Labute approximate surface area is 187 Å². The third-order valence-corrected chi connectivity index (χ3v) is 5.44. The molecule has 1 aromatic heterocycles. The molecule has 0 aromatic carbocycles. The minimum atomic E-state index is 0. The van der Waals surface area contributed by atoms with E-state index < -0.39 is 0 Å². The summed E-state index contributed by atoms with van der Waals surface area (Å²) in [7, 11) is 0. The van der Waals surface area contributed by atoms with E-state index in [9.17, 15) is 0 Å². The van der Waals surface area contributed by atoms with E-state index >= 15 is 0 Å². The molecule has 1 aromatic rings. The van der Waals surface area contributed by atoms with Crippen LogP contribution in [0.4, 0.5) is 0 Å². The van der Waals surface area contributed by atoms with Crippen molar-refractivity contribution in [3.63, 3.8) is 0 Å². The highest BCUT2D eigenvalue weighted by Crippen LogP contribution is 2.19. The van der Waals surface area contributed by atoms with Crippen molar-refractivity contribution in [3.8, 4) is 0 Å². The Morgan fingerprint density at radius 3 is 2.54 bits per heavy atom. The Bertz CT molecular complexity index is 574. The standard InChI is InChI=1S/C21H37N5O.HI/c1-5-18(6-2)20(26-11-13-27-14-12-26)16-25-21(22-7-3)24-15-19-17(4)9-8-10-23-19;/h8-10,18,20H,5-7,11-16H2,1-4H3,(H2,22,24,25);1H. The number of nitrogens with one attached hydrogen (secondary N) is 2. The van der Waals surface area contributed by atoms with Gasteiger partial charge in [-0.3, -0.25) is 9.88 Å². The van der Waals surface area contributed by atoms with Gasteiger partial charge in [-0.05, 0) is 31.4 Å². The number of pyridine rings is 1. The van der Waals surface area contributed by atoms with E-state index in [-0.39, 0.29) is 24.0 Å². The number of nitrogens with zero attached hydrogens (tertiary/aromatic N) is 3. The summed E-state index contributed by atoms with van der Waals surface area (Å²) in [5, 5.41) is 6.96. The fourth-order valence-corrected chi connectivity index (χ4v) is 3.72. The maximum Gasteiger partial charge on any atom is 0.191 e. The second-order valence-corrected chi connectivity index (χ2v) is 7.14. The fraction of sp³-hybridized carbons (Fsp3) is 0.714. The van der Waals surface area contributed by atoms with Gasteiger partial charge < -0.3 is 15.4 Å². The molecule has 1 unspecified atom stereocenters. The van der Waals surface area contributed by atoms with Crippen molar-refractivity contribution >= 4 is 29.9 Å². The van der Waals surface area contributed by atoms with E-state index in [0.717, 1.165) is 51.0 Å². The maximum atomic E-state index is 5.55. The van der Waals surface area contributed by atoms with Crippen molar-refractivity contribution in [3.05, 3.63) is 29.6 Å². The van der Waals surface area contributed by atoms with Gasteiger partial charge >= 0.3 is 0 Å². The molecule has 28 heavy (non-hydrogen) atoms. The average molecular weight is 503 g/mol. The molecule has 0 aliphatic carbocycles. The zero-order valence-electron chi connectivity index (χ0n) is 17.9. The van der Waals surface area contributed by atoms with Gasteiger partial charge in [0.15, 0.2) is 5.96 Å². The van der Waals surface area contributed by atoms with Crippen LogP contribution in [-0.4, -0.2) is 61.3 Å². The lowest BCUT2D eigenvalue weighted by molar-refractivity contribution is 0.00272. The molecule has 2 rings (SSSR count). The number of hydrogen-bond donors (Lipinski definition) is 2. The summed E-state index contributed by atoms with van der Waals surface area (Å²) in [6, 6.07) is 4.55. The quantitative estimate of drug-likeness (QED) is 0.308. The minimum absolute atomic E-state index is 0. The first-order valence-corrected chi connectivity index (χ1v) is 10.4. The molecule has 1 saturated heterocycles. The molecule has 0 radical (unpaired) electrons. The first-order valence-electron chi connectivity index (χ1n) is 10.4. The number of ether oxygens (including phenoxy) is 1. The summed E-state index contributed by atoms with van der Waals surface area (Å²) in [5.74, 6) is 1.54. The van der Waals surface area contributed by atoms with E-state index in [1.807, 2.05) is 12.3 Å². The van der Waals surface area contributed by atoms with Gasteiger partial charge in [-0.25, -0.2) is 4.99 Å². The molecule has 1 aliphatic rings. The highest BCUT2D eigenvalue weighted by atomic mass is 127. The molecule has 1 atom stereocenters. The van der Waals surface area contributed by atoms with Crippen molar-refractivity contribution in [2.75, 3.05) is 39.4 Å². The van der Waals surface area contributed by atoms with E-state index in [0.29, 0.717) is 18.5 Å². The Morgan fingerprint density at radius 1 is 1.21 bits per heavy atom. The number of morpholine rings is 1. The second kappa shape index (κ2) is 14.1. The predicted octanol–water partition coefficient (Wildman–Crippen LogP) is 3.20. The van der Waals surface area contributed by atoms with E-state index in [4.69, 9.17) is 9.73 Å². The zero-order valence-corrected chi connectivity index (χ0v) is 20.2. The lowest BCUT2D eigenvalue weighted by atomic mass is 9.92. The van der Waals surface area contributed by atoms with Gasteiger partial charge in [-0.1, -0.05) is 32.8 Å². The van der Waals surface area contributed by atoms with Crippen LogP contribution < -0.4 is 10.6 Å². The minimum Gasteiger partial charge on any atom is -0.379 e. The Hall–Kier alpha value is -0.930. The molecule has 6 nitrogen and oxygen atoms in total. The molecule has 0 saturated carbocycles. The number of hydrogen-bond acceptors (Lipinski definition) is 4. The molecule has 1 fully saturated rings. The van der Waals surface area contributed by atoms with Gasteiger partial charge in [0.25, 0.3) is 0 Å². The number of aryl methyl sites for hydroxylation is 1. The third-order valence-electron chi connectivity index (χ3n) is 5.44. The summed E-state index contributed by atoms with van der Waals surface area (Å²) in [5.41, 5.74) is 2.21. The SMILES string of the molecule is CCNC(=NCc1ncccc1C)NCC(C(CC)CC)N1CCOCC1.I. The summed E-state index contributed by atoms with van der Waals surface area (Å²) in [6.45, 7) is 14.8. The number of aromatic nitrogens is 1. The lowest BCUT2D eigenvalue weighted by Crippen LogP contribution is -2.53. The predicted molar refractivity (Wildman–Crippen MR) is 127 cm³/mol. The summed E-state index contributed by atoms with van der Waals surface area (Å²) < 4.78 is 5.55. The number of halogens is 1. The van der Waals surface area contributed by atoms with Crippen molar-refractivity contribution in [1.82, 2.24) is 20.5 Å². The first-order chi connectivity index (χ1) is 13.2. The number of rotatable bonds is 9. The normalized spacial score (nSPS) is 16.5. The molecule has 0 bridgehead atoms. The molecule has 0 spiro atoms. The highest BCUT2D eigenvalue weighted by molar-refractivity contribution is 14.0. The zero-order chi connectivity index (χ0) is 19.5. The van der Waals surface area contributed by atoms with E-state index in [2.05, 4.69) is 54.3 Å². The van der Waals surface area contributed by atoms with Gasteiger partial charge in [-0.2, -0.15) is 0 Å². The number of aliphatic imine (C=N–C) groups is 1. The average Bonchev–Trinajstić information content (AvgIpc) is 2.70. The van der Waals surface area contributed by atoms with Crippen molar-refractivity contribution in [2.45, 2.75) is 53.1 Å². The number of guanidine groups is 1.